The molecular weight excluding hydrogens is 230 g/mol. The van der Waals surface area contributed by atoms with Crippen molar-refractivity contribution in [1.82, 2.24) is 14.5 Å². The van der Waals surface area contributed by atoms with E-state index in [0.717, 1.165) is 16.9 Å². The van der Waals surface area contributed by atoms with E-state index in [1.807, 2.05) is 50.2 Å². The van der Waals surface area contributed by atoms with Crippen LogP contribution in [-0.2, 0) is 11.3 Å². The second-order valence-corrected chi connectivity index (χ2v) is 4.58. The van der Waals surface area contributed by atoms with Crippen molar-refractivity contribution in [3.8, 4) is 0 Å². The second-order valence-electron chi connectivity index (χ2n) is 4.58. The van der Waals surface area contributed by atoms with Crippen LogP contribution >= 0.6 is 0 Å². The number of benzene rings is 1. The summed E-state index contributed by atoms with van der Waals surface area (Å²) >= 11 is 0. The summed E-state index contributed by atoms with van der Waals surface area (Å²) in [5.41, 5.74) is 1.70. The second kappa shape index (κ2) is 4.78. The number of fused-ring (bicyclic) bond motifs is 1. The third-order valence-electron chi connectivity index (χ3n) is 3.13. The van der Waals surface area contributed by atoms with Gasteiger partial charge in [-0.05, 0) is 33.2 Å². The molecule has 0 saturated heterocycles. The van der Waals surface area contributed by atoms with Crippen molar-refractivity contribution in [2.45, 2.75) is 19.5 Å². The average Bonchev–Trinajstić information content (AvgIpc) is 2.66. The Hall–Kier alpha value is -1.88. The molecule has 0 amide bonds. The minimum Gasteiger partial charge on any atom is -0.480 e. The lowest BCUT2D eigenvalue weighted by molar-refractivity contribution is -0.137. The van der Waals surface area contributed by atoms with E-state index in [9.17, 15) is 4.79 Å². The van der Waals surface area contributed by atoms with Gasteiger partial charge in [0.2, 0.25) is 0 Å². The molecule has 2 aromatic rings. The number of rotatable bonds is 4. The molecule has 1 aromatic heterocycles. The Morgan fingerprint density at radius 3 is 2.72 bits per heavy atom. The largest absolute Gasteiger partial charge is 0.480 e. The molecule has 0 bridgehead atoms. The van der Waals surface area contributed by atoms with E-state index in [2.05, 4.69) is 4.98 Å². The number of para-hydroxylation sites is 2. The van der Waals surface area contributed by atoms with Crippen LogP contribution in [0.4, 0.5) is 0 Å². The first kappa shape index (κ1) is 12.6. The maximum absolute atomic E-state index is 11.0. The zero-order valence-electron chi connectivity index (χ0n) is 10.8. The van der Waals surface area contributed by atoms with E-state index < -0.39 is 5.97 Å². The zero-order chi connectivity index (χ0) is 13.3. The van der Waals surface area contributed by atoms with E-state index in [1.54, 1.807) is 4.57 Å². The topological polar surface area (TPSA) is 58.4 Å². The molecule has 96 valence electrons. The van der Waals surface area contributed by atoms with Gasteiger partial charge in [-0.2, -0.15) is 0 Å². The van der Waals surface area contributed by atoms with Crippen LogP contribution in [0.25, 0.3) is 11.0 Å². The number of hydrogen-bond donors (Lipinski definition) is 1. The molecule has 1 aromatic carbocycles. The first-order valence-electron chi connectivity index (χ1n) is 5.84. The summed E-state index contributed by atoms with van der Waals surface area (Å²) in [6, 6.07) is 7.67. The number of imidazole rings is 1. The van der Waals surface area contributed by atoms with Crippen LogP contribution in [0.1, 0.15) is 18.8 Å². The number of carboxylic acids is 1. The molecule has 1 atom stereocenters. The average molecular weight is 247 g/mol. The van der Waals surface area contributed by atoms with Gasteiger partial charge in [0.1, 0.15) is 12.4 Å². The maximum atomic E-state index is 11.0. The highest BCUT2D eigenvalue weighted by Gasteiger charge is 2.19. The molecule has 5 nitrogen and oxygen atoms in total. The van der Waals surface area contributed by atoms with E-state index in [0.29, 0.717) is 0 Å². The van der Waals surface area contributed by atoms with Crippen LogP contribution in [0.2, 0.25) is 0 Å². The molecule has 5 heteroatoms. The molecule has 0 spiro atoms. The van der Waals surface area contributed by atoms with Gasteiger partial charge in [-0.15, -0.1) is 0 Å². The van der Waals surface area contributed by atoms with E-state index >= 15 is 0 Å². The predicted octanol–water partition coefficient (Wildman–Crippen LogP) is 1.74. The van der Waals surface area contributed by atoms with Gasteiger partial charge in [-0.3, -0.25) is 9.69 Å². The summed E-state index contributed by atoms with van der Waals surface area (Å²) in [6.07, 6.45) is 0. The minimum atomic E-state index is -0.856. The van der Waals surface area contributed by atoms with Crippen molar-refractivity contribution >= 4 is 17.0 Å². The molecule has 0 radical (unpaired) electrons. The van der Waals surface area contributed by atoms with Gasteiger partial charge in [0.25, 0.3) is 0 Å². The van der Waals surface area contributed by atoms with E-state index in [-0.39, 0.29) is 12.6 Å². The van der Waals surface area contributed by atoms with Crippen molar-refractivity contribution in [3.05, 3.63) is 30.1 Å². The Kier molecular flexibility index (Phi) is 3.34. The van der Waals surface area contributed by atoms with Crippen LogP contribution in [-0.4, -0.2) is 39.6 Å². The van der Waals surface area contributed by atoms with Gasteiger partial charge >= 0.3 is 5.97 Å². The lowest BCUT2D eigenvalue weighted by Crippen LogP contribution is -2.22. The molecule has 0 aliphatic heterocycles. The van der Waals surface area contributed by atoms with Crippen LogP contribution in [0, 0.1) is 0 Å². The van der Waals surface area contributed by atoms with Gasteiger partial charge in [0, 0.05) is 0 Å². The number of hydrogen-bond acceptors (Lipinski definition) is 3. The van der Waals surface area contributed by atoms with E-state index in [4.69, 9.17) is 5.11 Å². The smallest absolute Gasteiger partial charge is 0.323 e. The molecule has 2 rings (SSSR count). The van der Waals surface area contributed by atoms with Crippen LogP contribution < -0.4 is 0 Å². The fourth-order valence-electron chi connectivity index (χ4n) is 1.95. The molecule has 1 unspecified atom stereocenters. The highest BCUT2D eigenvalue weighted by Crippen LogP contribution is 2.23. The highest BCUT2D eigenvalue weighted by atomic mass is 16.4. The van der Waals surface area contributed by atoms with Crippen LogP contribution in [0.15, 0.2) is 24.3 Å². The number of aromatic nitrogens is 2. The standard InChI is InChI=1S/C13H17N3O2/c1-9(15(2)3)13-14-10-6-4-5-7-11(10)16(13)8-12(17)18/h4-7,9H,8H2,1-3H3,(H,17,18). The maximum Gasteiger partial charge on any atom is 0.323 e. The normalized spacial score (nSPS) is 13.1. The lowest BCUT2D eigenvalue weighted by atomic mass is 10.3. The molecule has 0 aliphatic carbocycles. The van der Waals surface area contributed by atoms with Crippen molar-refractivity contribution in [1.29, 1.82) is 0 Å². The number of nitrogens with zero attached hydrogens (tertiary/aromatic N) is 3. The Balaban J connectivity index is 2.60. The number of carboxylic acid groups (broad SMARTS) is 1. The van der Waals surface area contributed by atoms with Crippen molar-refractivity contribution in [2.24, 2.45) is 0 Å². The Labute approximate surface area is 106 Å². The lowest BCUT2D eigenvalue weighted by Gasteiger charge is -2.20. The van der Waals surface area contributed by atoms with Gasteiger partial charge in [-0.1, -0.05) is 12.1 Å². The van der Waals surface area contributed by atoms with Gasteiger partial charge < -0.3 is 9.67 Å². The Morgan fingerprint density at radius 2 is 2.11 bits per heavy atom. The number of aliphatic carboxylic acids is 1. The molecule has 0 aliphatic rings. The first-order chi connectivity index (χ1) is 8.50. The number of carbonyl (C=O) groups is 1. The molecule has 0 fully saturated rings. The van der Waals surface area contributed by atoms with Gasteiger partial charge in [-0.25, -0.2) is 4.98 Å². The van der Waals surface area contributed by atoms with E-state index in [1.165, 1.54) is 0 Å². The minimum absolute atomic E-state index is 0.0615. The molecule has 18 heavy (non-hydrogen) atoms. The monoisotopic (exact) mass is 247 g/mol. The molecule has 1 N–H and O–H groups in total. The molecule has 0 saturated carbocycles. The fourth-order valence-corrected chi connectivity index (χ4v) is 1.95. The summed E-state index contributed by atoms with van der Waals surface area (Å²) in [7, 11) is 3.91. The molecule has 1 heterocycles. The summed E-state index contributed by atoms with van der Waals surface area (Å²) < 4.78 is 1.77. The SMILES string of the molecule is CC(c1nc2ccccc2n1CC(=O)O)N(C)C. The first-order valence-corrected chi connectivity index (χ1v) is 5.84. The van der Waals surface area contributed by atoms with Gasteiger partial charge in [0.15, 0.2) is 0 Å². The van der Waals surface area contributed by atoms with Crippen molar-refractivity contribution < 1.29 is 9.90 Å². The summed E-state index contributed by atoms with van der Waals surface area (Å²) in [5, 5.41) is 9.03. The quantitative estimate of drug-likeness (QED) is 0.894. The van der Waals surface area contributed by atoms with Crippen molar-refractivity contribution in [3.63, 3.8) is 0 Å². The molecular formula is C13H17N3O2. The predicted molar refractivity (Wildman–Crippen MR) is 69.5 cm³/mol. The summed E-state index contributed by atoms with van der Waals surface area (Å²) in [4.78, 5) is 17.6. The van der Waals surface area contributed by atoms with Crippen LogP contribution in [0.3, 0.4) is 0 Å². The van der Waals surface area contributed by atoms with Gasteiger partial charge in [0.05, 0.1) is 17.1 Å². The Morgan fingerprint density at radius 1 is 1.44 bits per heavy atom. The third-order valence-corrected chi connectivity index (χ3v) is 3.13. The van der Waals surface area contributed by atoms with Crippen molar-refractivity contribution in [2.75, 3.05) is 14.1 Å². The third kappa shape index (κ3) is 2.22. The van der Waals surface area contributed by atoms with Crippen LogP contribution in [0.5, 0.6) is 0 Å². The fraction of sp³-hybridized carbons (Fsp3) is 0.385. The highest BCUT2D eigenvalue weighted by molar-refractivity contribution is 5.78. The zero-order valence-corrected chi connectivity index (χ0v) is 10.8. The summed E-state index contributed by atoms with van der Waals surface area (Å²) in [5.74, 6) is -0.0750. The summed E-state index contributed by atoms with van der Waals surface area (Å²) in [6.45, 7) is 1.95. The Bertz CT molecular complexity index is 575.